The first-order valence-corrected chi connectivity index (χ1v) is 7.82. The van der Waals surface area contributed by atoms with Crippen LogP contribution in [0.15, 0.2) is 30.3 Å². The van der Waals surface area contributed by atoms with Crippen molar-refractivity contribution in [3.63, 3.8) is 0 Å². The third kappa shape index (κ3) is 4.40. The fraction of sp³-hybridized carbons (Fsp3) is 0.267. The second-order valence-corrected chi connectivity index (χ2v) is 5.74. The van der Waals surface area contributed by atoms with E-state index in [1.807, 2.05) is 24.3 Å². The summed E-state index contributed by atoms with van der Waals surface area (Å²) in [6, 6.07) is 9.32. The molecule has 1 aromatic carbocycles. The Labute approximate surface area is 139 Å². The number of rotatable bonds is 6. The average molecular weight is 345 g/mol. The second kappa shape index (κ2) is 7.74. The van der Waals surface area contributed by atoms with Gasteiger partial charge in [0, 0.05) is 18.1 Å². The Hall–Kier alpha value is -1.16. The molecule has 0 spiro atoms. The smallest absolute Gasteiger partial charge is 0.147 e. The number of hydrogen-bond donors (Lipinski definition) is 2. The molecule has 112 valence electrons. The lowest BCUT2D eigenvalue weighted by atomic mass is 10.2. The number of aromatic nitrogens is 1. The van der Waals surface area contributed by atoms with Crippen LogP contribution in [0.25, 0.3) is 0 Å². The lowest BCUT2D eigenvalue weighted by molar-refractivity contribution is 0.968. The van der Waals surface area contributed by atoms with Crippen LogP contribution in [-0.4, -0.2) is 11.5 Å². The third-order valence-corrected chi connectivity index (χ3v) is 3.82. The molecule has 0 bridgehead atoms. The number of pyridine rings is 1. The van der Waals surface area contributed by atoms with E-state index in [0.717, 1.165) is 18.5 Å². The van der Waals surface area contributed by atoms with Gasteiger partial charge in [-0.15, -0.1) is 0 Å². The van der Waals surface area contributed by atoms with Crippen molar-refractivity contribution in [2.24, 2.45) is 0 Å². The Balaban J connectivity index is 2.14. The van der Waals surface area contributed by atoms with E-state index in [1.54, 1.807) is 6.07 Å². The van der Waals surface area contributed by atoms with Crippen LogP contribution < -0.4 is 10.6 Å². The fourth-order valence-corrected chi connectivity index (χ4v) is 2.47. The molecule has 0 fully saturated rings. The van der Waals surface area contributed by atoms with Gasteiger partial charge < -0.3 is 10.6 Å². The molecule has 1 aromatic heterocycles. The highest BCUT2D eigenvalue weighted by Gasteiger charge is 2.09. The van der Waals surface area contributed by atoms with Gasteiger partial charge in [-0.05, 0) is 24.1 Å². The zero-order chi connectivity index (χ0) is 15.2. The molecule has 0 aliphatic carbocycles. The largest absolute Gasteiger partial charge is 0.369 e. The second-order valence-electron chi connectivity index (χ2n) is 4.52. The summed E-state index contributed by atoms with van der Waals surface area (Å²) in [5, 5.41) is 8.06. The van der Waals surface area contributed by atoms with Crippen LogP contribution in [0.1, 0.15) is 18.9 Å². The van der Waals surface area contributed by atoms with Gasteiger partial charge in [-0.1, -0.05) is 59.9 Å². The molecule has 0 unspecified atom stereocenters. The minimum absolute atomic E-state index is 0.481. The van der Waals surface area contributed by atoms with Gasteiger partial charge in [0.25, 0.3) is 0 Å². The number of hydrogen-bond acceptors (Lipinski definition) is 3. The van der Waals surface area contributed by atoms with Crippen molar-refractivity contribution in [1.82, 2.24) is 4.98 Å². The molecule has 2 rings (SSSR count). The fourth-order valence-electron chi connectivity index (χ4n) is 1.78. The maximum atomic E-state index is 6.17. The van der Waals surface area contributed by atoms with Crippen molar-refractivity contribution < 1.29 is 0 Å². The Kier molecular flexibility index (Phi) is 5.97. The third-order valence-electron chi connectivity index (χ3n) is 2.88. The van der Waals surface area contributed by atoms with Crippen molar-refractivity contribution in [2.75, 3.05) is 17.2 Å². The van der Waals surface area contributed by atoms with Crippen LogP contribution >= 0.6 is 34.8 Å². The normalized spacial score (nSPS) is 10.5. The molecule has 2 aromatic rings. The van der Waals surface area contributed by atoms with Gasteiger partial charge in [-0.2, -0.15) is 0 Å². The number of nitrogens with zero attached hydrogens (tertiary/aromatic N) is 1. The predicted molar refractivity (Wildman–Crippen MR) is 91.8 cm³/mol. The number of nitrogens with one attached hydrogen (secondary N) is 2. The van der Waals surface area contributed by atoms with Crippen molar-refractivity contribution >= 4 is 46.4 Å². The lowest BCUT2D eigenvalue weighted by Crippen LogP contribution is -2.07. The van der Waals surface area contributed by atoms with E-state index in [9.17, 15) is 0 Å². The summed E-state index contributed by atoms with van der Waals surface area (Å²) in [6.07, 6.45) is 0.989. The summed E-state index contributed by atoms with van der Waals surface area (Å²) in [7, 11) is 0. The Morgan fingerprint density at radius 1 is 0.952 bits per heavy atom. The summed E-state index contributed by atoms with van der Waals surface area (Å²) >= 11 is 18.4. The average Bonchev–Trinajstić information content (AvgIpc) is 2.47. The Morgan fingerprint density at radius 3 is 2.29 bits per heavy atom. The SMILES string of the molecule is CCCNc1nc(NCc2ccccc2Cl)c(Cl)cc1Cl. The van der Waals surface area contributed by atoms with Crippen LogP contribution in [0.5, 0.6) is 0 Å². The van der Waals surface area contributed by atoms with E-state index in [0.29, 0.717) is 33.2 Å². The van der Waals surface area contributed by atoms with Gasteiger partial charge in [0.15, 0.2) is 0 Å². The van der Waals surface area contributed by atoms with Gasteiger partial charge in [0.2, 0.25) is 0 Å². The van der Waals surface area contributed by atoms with Crippen molar-refractivity contribution in [3.05, 3.63) is 51.0 Å². The van der Waals surface area contributed by atoms with Gasteiger partial charge in [-0.25, -0.2) is 4.98 Å². The Bertz CT molecular complexity index is 617. The highest BCUT2D eigenvalue weighted by Crippen LogP contribution is 2.29. The zero-order valence-electron chi connectivity index (χ0n) is 11.6. The summed E-state index contributed by atoms with van der Waals surface area (Å²) < 4.78 is 0. The van der Waals surface area contributed by atoms with Gasteiger partial charge in [0.05, 0.1) is 10.0 Å². The van der Waals surface area contributed by atoms with Crippen LogP contribution in [0.4, 0.5) is 11.6 Å². The first-order chi connectivity index (χ1) is 10.1. The Morgan fingerprint density at radius 2 is 1.62 bits per heavy atom. The summed E-state index contributed by atoms with van der Waals surface area (Å²) in [5.41, 5.74) is 0.982. The number of anilines is 2. The van der Waals surface area contributed by atoms with Crippen LogP contribution in [0.2, 0.25) is 15.1 Å². The molecule has 0 amide bonds. The maximum Gasteiger partial charge on any atom is 0.147 e. The molecule has 0 saturated heterocycles. The molecule has 2 N–H and O–H groups in total. The van der Waals surface area contributed by atoms with Crippen LogP contribution in [0.3, 0.4) is 0 Å². The highest BCUT2D eigenvalue weighted by atomic mass is 35.5. The van der Waals surface area contributed by atoms with E-state index >= 15 is 0 Å². The molecule has 0 aliphatic rings. The molecule has 6 heteroatoms. The van der Waals surface area contributed by atoms with Crippen molar-refractivity contribution in [2.45, 2.75) is 19.9 Å². The highest BCUT2D eigenvalue weighted by molar-refractivity contribution is 6.37. The molecule has 21 heavy (non-hydrogen) atoms. The van der Waals surface area contributed by atoms with Crippen LogP contribution in [0, 0.1) is 0 Å². The van der Waals surface area contributed by atoms with E-state index < -0.39 is 0 Å². The molecular formula is C15H16Cl3N3. The standard InChI is InChI=1S/C15H16Cl3N3/c1-2-7-19-14-12(17)8-13(18)15(21-14)20-9-10-5-3-4-6-11(10)16/h3-6,8H,2,7,9H2,1H3,(H2,19,20,21). The molecule has 3 nitrogen and oxygen atoms in total. The van der Waals surface area contributed by atoms with E-state index in [-0.39, 0.29) is 0 Å². The monoisotopic (exact) mass is 343 g/mol. The molecular weight excluding hydrogens is 329 g/mol. The predicted octanol–water partition coefficient (Wildman–Crippen LogP) is 5.48. The van der Waals surface area contributed by atoms with E-state index in [4.69, 9.17) is 34.8 Å². The molecule has 0 saturated carbocycles. The van der Waals surface area contributed by atoms with Gasteiger partial charge in [-0.3, -0.25) is 0 Å². The quantitative estimate of drug-likeness (QED) is 0.729. The lowest BCUT2D eigenvalue weighted by Gasteiger charge is -2.12. The van der Waals surface area contributed by atoms with Crippen LogP contribution in [-0.2, 0) is 6.54 Å². The van der Waals surface area contributed by atoms with Gasteiger partial charge >= 0.3 is 0 Å². The van der Waals surface area contributed by atoms with E-state index in [1.165, 1.54) is 0 Å². The molecule has 0 aliphatic heterocycles. The molecule has 0 atom stereocenters. The van der Waals surface area contributed by atoms with Gasteiger partial charge in [0.1, 0.15) is 11.6 Å². The summed E-state index contributed by atoms with van der Waals surface area (Å²) in [5.74, 6) is 1.21. The minimum Gasteiger partial charge on any atom is -0.369 e. The first kappa shape index (κ1) is 16.2. The topological polar surface area (TPSA) is 37.0 Å². The molecule has 0 radical (unpaired) electrons. The molecule has 1 heterocycles. The summed E-state index contributed by atoms with van der Waals surface area (Å²) in [4.78, 5) is 4.42. The number of benzene rings is 1. The minimum atomic E-state index is 0.481. The van der Waals surface area contributed by atoms with Crippen molar-refractivity contribution in [3.8, 4) is 0 Å². The first-order valence-electron chi connectivity index (χ1n) is 6.69. The zero-order valence-corrected chi connectivity index (χ0v) is 13.9. The number of halogens is 3. The van der Waals surface area contributed by atoms with E-state index in [2.05, 4.69) is 22.5 Å². The summed E-state index contributed by atoms with van der Waals surface area (Å²) in [6.45, 7) is 3.42. The van der Waals surface area contributed by atoms with Crippen molar-refractivity contribution in [1.29, 1.82) is 0 Å². The maximum absolute atomic E-state index is 6.17.